The van der Waals surface area contributed by atoms with Crippen LogP contribution in [0, 0.1) is 0 Å². The fourth-order valence-electron chi connectivity index (χ4n) is 0.944. The van der Waals surface area contributed by atoms with Crippen LogP contribution in [-0.2, 0) is 4.74 Å². The zero-order valence-corrected chi connectivity index (χ0v) is 7.03. The molecule has 1 atom stereocenters. The van der Waals surface area contributed by atoms with E-state index in [0.29, 0.717) is 0 Å². The third-order valence-corrected chi connectivity index (χ3v) is 1.82. The van der Waals surface area contributed by atoms with Crippen LogP contribution >= 0.6 is 0 Å². The normalized spacial score (nSPS) is 19.1. The summed E-state index contributed by atoms with van der Waals surface area (Å²) in [5.74, 6) is 0. The summed E-state index contributed by atoms with van der Waals surface area (Å²) < 4.78 is 5.14. The third-order valence-electron chi connectivity index (χ3n) is 1.82. The maximum atomic E-state index is 5.14. The standard InChI is InChI=1S/C8H14N2O/c1-4-9-5-6-10(7-9)8(2)11-3/h4-6,8H,1,7H2,2-3H3. The first-order valence-corrected chi connectivity index (χ1v) is 3.63. The molecule has 0 fully saturated rings. The second kappa shape index (κ2) is 3.44. The highest BCUT2D eigenvalue weighted by Gasteiger charge is 2.14. The minimum atomic E-state index is 0.135. The molecule has 3 heteroatoms. The Bertz CT molecular complexity index is 167. The zero-order chi connectivity index (χ0) is 8.27. The number of hydrogen-bond donors (Lipinski definition) is 0. The van der Waals surface area contributed by atoms with Gasteiger partial charge in [0.25, 0.3) is 0 Å². The van der Waals surface area contributed by atoms with Crippen molar-refractivity contribution >= 4 is 0 Å². The van der Waals surface area contributed by atoms with Gasteiger partial charge in [0.1, 0.15) is 6.23 Å². The average molecular weight is 154 g/mol. The maximum absolute atomic E-state index is 5.14. The van der Waals surface area contributed by atoms with E-state index in [1.54, 1.807) is 13.3 Å². The van der Waals surface area contributed by atoms with Crippen LogP contribution in [0.4, 0.5) is 0 Å². The van der Waals surface area contributed by atoms with Crippen LogP contribution in [-0.4, -0.2) is 29.8 Å². The summed E-state index contributed by atoms with van der Waals surface area (Å²) in [6.45, 7) is 6.51. The highest BCUT2D eigenvalue weighted by molar-refractivity contribution is 4.95. The fourth-order valence-corrected chi connectivity index (χ4v) is 0.944. The van der Waals surface area contributed by atoms with Crippen molar-refractivity contribution in [3.05, 3.63) is 25.2 Å². The van der Waals surface area contributed by atoms with Crippen LogP contribution < -0.4 is 0 Å². The average Bonchev–Trinajstić information content (AvgIpc) is 2.50. The Morgan fingerprint density at radius 2 is 2.36 bits per heavy atom. The molecule has 0 N–H and O–H groups in total. The molecule has 0 aromatic carbocycles. The van der Waals surface area contributed by atoms with Gasteiger partial charge in [0, 0.05) is 19.5 Å². The Kier molecular flexibility index (Phi) is 2.54. The van der Waals surface area contributed by atoms with Crippen molar-refractivity contribution in [1.29, 1.82) is 0 Å². The summed E-state index contributed by atoms with van der Waals surface area (Å²) in [4.78, 5) is 4.08. The molecule has 0 aromatic heterocycles. The molecule has 0 saturated heterocycles. The Labute approximate surface area is 67.5 Å². The number of ether oxygens (including phenoxy) is 1. The van der Waals surface area contributed by atoms with Crippen LogP contribution in [0.15, 0.2) is 25.2 Å². The Balaban J connectivity index is 2.42. The lowest BCUT2D eigenvalue weighted by Gasteiger charge is -2.23. The Hall–Kier alpha value is -0.960. The summed E-state index contributed by atoms with van der Waals surface area (Å²) in [5, 5.41) is 0. The lowest BCUT2D eigenvalue weighted by Crippen LogP contribution is -2.31. The first-order chi connectivity index (χ1) is 5.27. The number of methoxy groups -OCH3 is 1. The van der Waals surface area contributed by atoms with Crippen LogP contribution in [0.5, 0.6) is 0 Å². The molecule has 1 unspecified atom stereocenters. The van der Waals surface area contributed by atoms with E-state index >= 15 is 0 Å². The summed E-state index contributed by atoms with van der Waals surface area (Å²) in [6.07, 6.45) is 5.90. The monoisotopic (exact) mass is 154 g/mol. The van der Waals surface area contributed by atoms with Crippen LogP contribution in [0.2, 0.25) is 0 Å². The molecule has 11 heavy (non-hydrogen) atoms. The molecule has 1 aliphatic rings. The van der Waals surface area contributed by atoms with E-state index < -0.39 is 0 Å². The van der Waals surface area contributed by atoms with E-state index in [1.165, 1.54) is 0 Å². The largest absolute Gasteiger partial charge is 0.362 e. The van der Waals surface area contributed by atoms with Crippen molar-refractivity contribution in [2.24, 2.45) is 0 Å². The molecule has 1 rings (SSSR count). The molecule has 0 amide bonds. The Morgan fingerprint density at radius 1 is 1.64 bits per heavy atom. The van der Waals surface area contributed by atoms with Crippen LogP contribution in [0.25, 0.3) is 0 Å². The van der Waals surface area contributed by atoms with Gasteiger partial charge in [-0.1, -0.05) is 6.58 Å². The van der Waals surface area contributed by atoms with Crippen molar-refractivity contribution < 1.29 is 4.74 Å². The SMILES string of the molecule is C=CN1C=CN(C(C)OC)C1. The predicted octanol–water partition coefficient (Wildman–Crippen LogP) is 1.17. The van der Waals surface area contributed by atoms with E-state index in [2.05, 4.69) is 11.5 Å². The molecule has 1 aliphatic heterocycles. The lowest BCUT2D eigenvalue weighted by molar-refractivity contribution is 0.00432. The molecule has 3 nitrogen and oxygen atoms in total. The van der Waals surface area contributed by atoms with Crippen LogP contribution in [0.3, 0.4) is 0 Å². The van der Waals surface area contributed by atoms with Gasteiger partial charge in [-0.15, -0.1) is 0 Å². The molecule has 0 aliphatic carbocycles. The van der Waals surface area contributed by atoms with Gasteiger partial charge in [-0.2, -0.15) is 0 Å². The van der Waals surface area contributed by atoms with Gasteiger partial charge in [0.05, 0.1) is 6.67 Å². The summed E-state index contributed by atoms with van der Waals surface area (Å²) in [5.41, 5.74) is 0. The quantitative estimate of drug-likeness (QED) is 0.607. The minimum Gasteiger partial charge on any atom is -0.362 e. The van der Waals surface area contributed by atoms with Gasteiger partial charge in [0.15, 0.2) is 0 Å². The summed E-state index contributed by atoms with van der Waals surface area (Å²) in [6, 6.07) is 0. The molecule has 0 saturated carbocycles. The van der Waals surface area contributed by atoms with Gasteiger partial charge in [-0.3, -0.25) is 0 Å². The predicted molar refractivity (Wildman–Crippen MR) is 44.4 cm³/mol. The van der Waals surface area contributed by atoms with E-state index in [0.717, 1.165) is 6.67 Å². The van der Waals surface area contributed by atoms with Crippen molar-refractivity contribution in [3.8, 4) is 0 Å². The van der Waals surface area contributed by atoms with Crippen molar-refractivity contribution in [2.45, 2.75) is 13.2 Å². The van der Waals surface area contributed by atoms with E-state index in [9.17, 15) is 0 Å². The summed E-state index contributed by atoms with van der Waals surface area (Å²) >= 11 is 0. The first kappa shape index (κ1) is 8.14. The van der Waals surface area contributed by atoms with E-state index in [4.69, 9.17) is 4.74 Å². The molecule has 1 heterocycles. The van der Waals surface area contributed by atoms with Gasteiger partial charge in [0.2, 0.25) is 0 Å². The number of nitrogens with zero attached hydrogens (tertiary/aromatic N) is 2. The highest BCUT2D eigenvalue weighted by atomic mass is 16.5. The second-order valence-corrected chi connectivity index (χ2v) is 2.49. The van der Waals surface area contributed by atoms with Crippen molar-refractivity contribution in [2.75, 3.05) is 13.8 Å². The Morgan fingerprint density at radius 3 is 2.82 bits per heavy atom. The van der Waals surface area contributed by atoms with Gasteiger partial charge in [-0.05, 0) is 13.1 Å². The molecule has 0 radical (unpaired) electrons. The van der Waals surface area contributed by atoms with Gasteiger partial charge in [-0.25, -0.2) is 0 Å². The minimum absolute atomic E-state index is 0.135. The maximum Gasteiger partial charge on any atom is 0.127 e. The molecule has 0 bridgehead atoms. The van der Waals surface area contributed by atoms with Crippen molar-refractivity contribution in [3.63, 3.8) is 0 Å². The van der Waals surface area contributed by atoms with E-state index in [1.807, 2.05) is 24.2 Å². The lowest BCUT2D eigenvalue weighted by atomic mass is 10.6. The highest BCUT2D eigenvalue weighted by Crippen LogP contribution is 2.10. The van der Waals surface area contributed by atoms with E-state index in [-0.39, 0.29) is 6.23 Å². The summed E-state index contributed by atoms with van der Waals surface area (Å²) in [7, 11) is 1.70. The molecule has 0 aromatic rings. The zero-order valence-electron chi connectivity index (χ0n) is 7.03. The van der Waals surface area contributed by atoms with Crippen LogP contribution in [0.1, 0.15) is 6.92 Å². The van der Waals surface area contributed by atoms with Gasteiger partial charge >= 0.3 is 0 Å². The number of hydrogen-bond acceptors (Lipinski definition) is 3. The first-order valence-electron chi connectivity index (χ1n) is 3.63. The topological polar surface area (TPSA) is 15.7 Å². The molecular formula is C8H14N2O. The second-order valence-electron chi connectivity index (χ2n) is 2.49. The fraction of sp³-hybridized carbons (Fsp3) is 0.500. The third kappa shape index (κ3) is 1.74. The molecule has 0 spiro atoms. The molecule has 62 valence electrons. The van der Waals surface area contributed by atoms with Crippen molar-refractivity contribution in [1.82, 2.24) is 9.80 Å². The number of rotatable bonds is 3. The smallest absolute Gasteiger partial charge is 0.127 e. The molecular weight excluding hydrogens is 140 g/mol. The van der Waals surface area contributed by atoms with Gasteiger partial charge < -0.3 is 14.5 Å².